The Labute approximate surface area is 114 Å². The van der Waals surface area contributed by atoms with Gasteiger partial charge in [0.1, 0.15) is 11.6 Å². The average Bonchev–Trinajstić information content (AvgIpc) is 2.38. The van der Waals surface area contributed by atoms with Crippen molar-refractivity contribution in [2.45, 2.75) is 0 Å². The number of aromatic carboxylic acids is 1. The van der Waals surface area contributed by atoms with Gasteiger partial charge in [-0.05, 0) is 29.8 Å². The third kappa shape index (κ3) is 2.69. The Balaban J connectivity index is 2.47. The summed E-state index contributed by atoms with van der Waals surface area (Å²) in [7, 11) is 1.49. The average molecular weight is 281 g/mol. The van der Waals surface area contributed by atoms with Gasteiger partial charge in [0.15, 0.2) is 0 Å². The largest absolute Gasteiger partial charge is 0.495 e. The number of rotatable bonds is 3. The van der Waals surface area contributed by atoms with Crippen LogP contribution in [0.15, 0.2) is 36.4 Å². The molecular weight excluding hydrogens is 271 g/mol. The first-order valence-electron chi connectivity index (χ1n) is 5.39. The monoisotopic (exact) mass is 280 g/mol. The van der Waals surface area contributed by atoms with E-state index in [1.165, 1.54) is 19.2 Å². The van der Waals surface area contributed by atoms with Gasteiger partial charge in [-0.1, -0.05) is 23.7 Å². The minimum atomic E-state index is -1.17. The van der Waals surface area contributed by atoms with Crippen LogP contribution in [-0.2, 0) is 0 Å². The van der Waals surface area contributed by atoms with Crippen molar-refractivity contribution >= 4 is 17.6 Å². The van der Waals surface area contributed by atoms with Gasteiger partial charge in [0.25, 0.3) is 0 Å². The summed E-state index contributed by atoms with van der Waals surface area (Å²) in [4.78, 5) is 10.7. The molecule has 0 bridgehead atoms. The first-order chi connectivity index (χ1) is 9.02. The number of halogens is 2. The predicted octanol–water partition coefficient (Wildman–Crippen LogP) is 3.85. The van der Waals surface area contributed by atoms with E-state index in [-0.39, 0.29) is 11.1 Å². The minimum absolute atomic E-state index is 0.0964. The predicted molar refractivity (Wildman–Crippen MR) is 70.4 cm³/mol. The Bertz CT molecular complexity index is 641. The molecule has 0 amide bonds. The highest BCUT2D eigenvalue weighted by Crippen LogP contribution is 2.31. The fraction of sp³-hybridized carbons (Fsp3) is 0.0714. The fourth-order valence-corrected chi connectivity index (χ4v) is 1.97. The summed E-state index contributed by atoms with van der Waals surface area (Å²) in [6.45, 7) is 0. The molecule has 0 aliphatic carbocycles. The van der Waals surface area contributed by atoms with Crippen LogP contribution in [0.3, 0.4) is 0 Å². The molecule has 2 rings (SSSR count). The van der Waals surface area contributed by atoms with E-state index < -0.39 is 11.8 Å². The number of carboxylic acid groups (broad SMARTS) is 1. The number of benzene rings is 2. The smallest absolute Gasteiger partial charge is 0.335 e. The van der Waals surface area contributed by atoms with Gasteiger partial charge in [0.2, 0.25) is 0 Å². The molecule has 19 heavy (non-hydrogen) atoms. The zero-order valence-corrected chi connectivity index (χ0v) is 10.7. The SMILES string of the molecule is COc1ccc(-c2ccc(C(=O)O)cc2F)cc1Cl. The zero-order chi connectivity index (χ0) is 14.0. The molecule has 0 aliphatic heterocycles. The van der Waals surface area contributed by atoms with Gasteiger partial charge in [-0.25, -0.2) is 9.18 Å². The molecule has 0 spiro atoms. The molecule has 0 fully saturated rings. The van der Waals surface area contributed by atoms with Crippen molar-refractivity contribution in [3.63, 3.8) is 0 Å². The first-order valence-corrected chi connectivity index (χ1v) is 5.77. The Kier molecular flexibility index (Phi) is 3.71. The highest BCUT2D eigenvalue weighted by Gasteiger charge is 2.11. The maximum atomic E-state index is 13.9. The molecule has 0 unspecified atom stereocenters. The molecule has 5 heteroatoms. The van der Waals surface area contributed by atoms with E-state index >= 15 is 0 Å². The minimum Gasteiger partial charge on any atom is -0.495 e. The van der Waals surface area contributed by atoms with Crippen LogP contribution in [0.1, 0.15) is 10.4 Å². The van der Waals surface area contributed by atoms with E-state index in [1.54, 1.807) is 18.2 Å². The van der Waals surface area contributed by atoms with Crippen molar-refractivity contribution in [1.29, 1.82) is 0 Å². The summed E-state index contributed by atoms with van der Waals surface area (Å²) >= 11 is 5.97. The lowest BCUT2D eigenvalue weighted by Gasteiger charge is -2.08. The van der Waals surface area contributed by atoms with Crippen LogP contribution < -0.4 is 4.74 Å². The molecule has 0 aliphatic rings. The summed E-state index contributed by atoms with van der Waals surface area (Å²) in [6.07, 6.45) is 0. The van der Waals surface area contributed by atoms with Gasteiger partial charge < -0.3 is 9.84 Å². The third-order valence-electron chi connectivity index (χ3n) is 2.68. The van der Waals surface area contributed by atoms with Crippen molar-refractivity contribution < 1.29 is 19.0 Å². The standard InChI is InChI=1S/C14H10ClFO3/c1-19-13-5-3-8(6-11(13)15)10-4-2-9(14(17)18)7-12(10)16/h2-7H,1H3,(H,17,18). The van der Waals surface area contributed by atoms with Gasteiger partial charge in [0, 0.05) is 5.56 Å². The summed E-state index contributed by atoms with van der Waals surface area (Å²) in [5.41, 5.74) is 0.746. The molecule has 2 aromatic carbocycles. The topological polar surface area (TPSA) is 46.5 Å². The highest BCUT2D eigenvalue weighted by atomic mass is 35.5. The van der Waals surface area contributed by atoms with Crippen LogP contribution in [0, 0.1) is 5.82 Å². The lowest BCUT2D eigenvalue weighted by Crippen LogP contribution is -1.97. The highest BCUT2D eigenvalue weighted by molar-refractivity contribution is 6.32. The van der Waals surface area contributed by atoms with Crippen LogP contribution in [-0.4, -0.2) is 18.2 Å². The molecule has 0 saturated heterocycles. The molecule has 2 aromatic rings. The third-order valence-corrected chi connectivity index (χ3v) is 2.97. The Hall–Kier alpha value is -2.07. The van der Waals surface area contributed by atoms with Gasteiger partial charge in [-0.2, -0.15) is 0 Å². The second-order valence-corrected chi connectivity index (χ2v) is 4.26. The van der Waals surface area contributed by atoms with Crippen LogP contribution in [0.25, 0.3) is 11.1 Å². The zero-order valence-electron chi connectivity index (χ0n) is 9.98. The van der Waals surface area contributed by atoms with E-state index in [2.05, 4.69) is 0 Å². The molecule has 0 aromatic heterocycles. The summed E-state index contributed by atoms with van der Waals surface area (Å²) < 4.78 is 18.9. The Morgan fingerprint density at radius 2 is 2.00 bits per heavy atom. The number of methoxy groups -OCH3 is 1. The van der Waals surface area contributed by atoms with Gasteiger partial charge in [-0.3, -0.25) is 0 Å². The maximum absolute atomic E-state index is 13.9. The maximum Gasteiger partial charge on any atom is 0.335 e. The molecule has 1 N–H and O–H groups in total. The van der Waals surface area contributed by atoms with Gasteiger partial charge >= 0.3 is 5.97 Å². The second kappa shape index (κ2) is 5.28. The summed E-state index contributed by atoms with van der Waals surface area (Å²) in [5.74, 6) is -1.28. The van der Waals surface area contributed by atoms with Crippen molar-refractivity contribution in [2.24, 2.45) is 0 Å². The molecule has 0 atom stereocenters. The number of carbonyl (C=O) groups is 1. The second-order valence-electron chi connectivity index (χ2n) is 3.85. The van der Waals surface area contributed by atoms with Crippen LogP contribution >= 0.6 is 11.6 Å². The normalized spacial score (nSPS) is 10.3. The van der Waals surface area contributed by atoms with Gasteiger partial charge in [0.05, 0.1) is 17.7 Å². The lowest BCUT2D eigenvalue weighted by molar-refractivity contribution is 0.0696. The fourth-order valence-electron chi connectivity index (χ4n) is 1.72. The van der Waals surface area contributed by atoms with Crippen molar-refractivity contribution in [3.05, 3.63) is 52.8 Å². The first kappa shape index (κ1) is 13.4. The van der Waals surface area contributed by atoms with E-state index in [0.29, 0.717) is 16.3 Å². The van der Waals surface area contributed by atoms with Crippen molar-refractivity contribution in [3.8, 4) is 16.9 Å². The number of hydrogen-bond donors (Lipinski definition) is 1. The van der Waals surface area contributed by atoms with Crippen LogP contribution in [0.4, 0.5) is 4.39 Å². The molecule has 0 radical (unpaired) electrons. The molecule has 98 valence electrons. The molecule has 3 nitrogen and oxygen atoms in total. The van der Waals surface area contributed by atoms with E-state index in [1.807, 2.05) is 0 Å². The number of carboxylic acids is 1. The quantitative estimate of drug-likeness (QED) is 0.929. The molecule has 0 saturated carbocycles. The van der Waals surface area contributed by atoms with Crippen LogP contribution in [0.5, 0.6) is 5.75 Å². The van der Waals surface area contributed by atoms with Crippen molar-refractivity contribution in [2.75, 3.05) is 7.11 Å². The summed E-state index contributed by atoms with van der Waals surface area (Å²) in [6, 6.07) is 8.59. The van der Waals surface area contributed by atoms with E-state index in [9.17, 15) is 9.18 Å². The Morgan fingerprint density at radius 1 is 1.26 bits per heavy atom. The van der Waals surface area contributed by atoms with E-state index in [0.717, 1.165) is 6.07 Å². The number of ether oxygens (including phenoxy) is 1. The lowest BCUT2D eigenvalue weighted by atomic mass is 10.0. The van der Waals surface area contributed by atoms with Crippen molar-refractivity contribution in [1.82, 2.24) is 0 Å². The van der Waals surface area contributed by atoms with Crippen LogP contribution in [0.2, 0.25) is 5.02 Å². The molecule has 0 heterocycles. The summed E-state index contributed by atoms with van der Waals surface area (Å²) in [5, 5.41) is 9.14. The van der Waals surface area contributed by atoms with E-state index in [4.69, 9.17) is 21.4 Å². The molecular formula is C14H10ClFO3. The van der Waals surface area contributed by atoms with Gasteiger partial charge in [-0.15, -0.1) is 0 Å². The number of hydrogen-bond acceptors (Lipinski definition) is 2. The Morgan fingerprint density at radius 3 is 2.53 bits per heavy atom.